The molecular formula is C7H17NOS. The molecule has 2 nitrogen and oxygen atoms in total. The fraction of sp³-hybridized carbons (Fsp3) is 1.00. The highest BCUT2D eigenvalue weighted by Crippen LogP contribution is 2.03. The zero-order valence-corrected chi connectivity index (χ0v) is 7.58. The van der Waals surface area contributed by atoms with Gasteiger partial charge in [0.2, 0.25) is 0 Å². The van der Waals surface area contributed by atoms with Gasteiger partial charge in [0.05, 0.1) is 6.61 Å². The molecule has 0 rings (SSSR count). The van der Waals surface area contributed by atoms with E-state index in [-0.39, 0.29) is 0 Å². The van der Waals surface area contributed by atoms with Crippen molar-refractivity contribution in [2.75, 3.05) is 25.2 Å². The summed E-state index contributed by atoms with van der Waals surface area (Å²) in [6, 6.07) is 0.608. The number of hydrogen-bond acceptors (Lipinski definition) is 3. The Morgan fingerprint density at radius 3 is 2.70 bits per heavy atom. The molecule has 2 N–H and O–H groups in total. The lowest BCUT2D eigenvalue weighted by atomic mass is 10.3. The highest BCUT2D eigenvalue weighted by molar-refractivity contribution is 7.99. The van der Waals surface area contributed by atoms with Crippen LogP contribution in [0.3, 0.4) is 0 Å². The second-order valence-electron chi connectivity index (χ2n) is 2.19. The number of thioether (sulfide) groups is 1. The Kier molecular flexibility index (Phi) is 7.58. The molecule has 0 aromatic heterocycles. The molecule has 3 heteroatoms. The minimum atomic E-state index is 0.296. The van der Waals surface area contributed by atoms with E-state index in [1.165, 1.54) is 0 Å². The average molecular weight is 163 g/mol. The molecule has 0 heterocycles. The number of aliphatic hydroxyl groups excluding tert-OH is 1. The zero-order valence-electron chi connectivity index (χ0n) is 6.76. The summed E-state index contributed by atoms with van der Waals surface area (Å²) in [6.07, 6.45) is 1.16. The fourth-order valence-electron chi connectivity index (χ4n) is 0.695. The van der Waals surface area contributed by atoms with E-state index in [4.69, 9.17) is 5.11 Å². The molecule has 0 fully saturated rings. The third-order valence-corrected chi connectivity index (χ3v) is 2.57. The second kappa shape index (κ2) is 7.38. The van der Waals surface area contributed by atoms with Crippen LogP contribution in [0.4, 0.5) is 0 Å². The lowest BCUT2D eigenvalue weighted by Crippen LogP contribution is -2.26. The van der Waals surface area contributed by atoms with Gasteiger partial charge in [0, 0.05) is 17.5 Å². The molecule has 0 aliphatic rings. The van der Waals surface area contributed by atoms with Crippen molar-refractivity contribution < 1.29 is 5.11 Å². The van der Waals surface area contributed by atoms with Crippen LogP contribution in [0.5, 0.6) is 0 Å². The van der Waals surface area contributed by atoms with Gasteiger partial charge in [-0.3, -0.25) is 0 Å². The normalized spacial score (nSPS) is 13.5. The monoisotopic (exact) mass is 163 g/mol. The Balaban J connectivity index is 3.09. The van der Waals surface area contributed by atoms with E-state index in [1.54, 1.807) is 11.8 Å². The summed E-state index contributed by atoms with van der Waals surface area (Å²) >= 11 is 1.80. The van der Waals surface area contributed by atoms with Crippen LogP contribution >= 0.6 is 11.8 Å². The molecule has 0 amide bonds. The van der Waals surface area contributed by atoms with Crippen LogP contribution in [0.1, 0.15) is 13.3 Å². The number of rotatable bonds is 6. The van der Waals surface area contributed by atoms with E-state index < -0.39 is 0 Å². The topological polar surface area (TPSA) is 32.3 Å². The van der Waals surface area contributed by atoms with Gasteiger partial charge in [0.1, 0.15) is 0 Å². The highest BCUT2D eigenvalue weighted by Gasteiger charge is 2.00. The van der Waals surface area contributed by atoms with Gasteiger partial charge in [0.25, 0.3) is 0 Å². The van der Waals surface area contributed by atoms with Gasteiger partial charge >= 0.3 is 0 Å². The standard InChI is InChI=1S/C7H17NOS/c1-3-7(8-2)6-10-5-4-9/h7-9H,3-6H2,1-2H3. The fourth-order valence-corrected chi connectivity index (χ4v) is 1.68. The molecule has 0 radical (unpaired) electrons. The van der Waals surface area contributed by atoms with Crippen LogP contribution in [0.15, 0.2) is 0 Å². The van der Waals surface area contributed by atoms with E-state index in [0.717, 1.165) is 17.9 Å². The third-order valence-electron chi connectivity index (χ3n) is 1.46. The lowest BCUT2D eigenvalue weighted by Gasteiger charge is -2.11. The SMILES string of the molecule is CCC(CSCCO)NC. The van der Waals surface area contributed by atoms with E-state index in [9.17, 15) is 0 Å². The quantitative estimate of drug-likeness (QED) is 0.566. The van der Waals surface area contributed by atoms with E-state index in [2.05, 4.69) is 12.2 Å². The molecule has 1 atom stereocenters. The summed E-state index contributed by atoms with van der Waals surface area (Å²) in [6.45, 7) is 2.46. The molecule has 10 heavy (non-hydrogen) atoms. The van der Waals surface area contributed by atoms with Crippen molar-refractivity contribution >= 4 is 11.8 Å². The Morgan fingerprint density at radius 2 is 2.30 bits per heavy atom. The predicted molar refractivity (Wildman–Crippen MR) is 47.5 cm³/mol. The van der Waals surface area contributed by atoms with E-state index >= 15 is 0 Å². The van der Waals surface area contributed by atoms with Crippen molar-refractivity contribution in [2.24, 2.45) is 0 Å². The van der Waals surface area contributed by atoms with E-state index in [1.807, 2.05) is 7.05 Å². The molecule has 0 aromatic carbocycles. The van der Waals surface area contributed by atoms with Crippen molar-refractivity contribution in [3.05, 3.63) is 0 Å². The zero-order chi connectivity index (χ0) is 7.82. The second-order valence-corrected chi connectivity index (χ2v) is 3.34. The van der Waals surface area contributed by atoms with E-state index in [0.29, 0.717) is 12.6 Å². The van der Waals surface area contributed by atoms with Crippen LogP contribution < -0.4 is 5.32 Å². The molecule has 0 bridgehead atoms. The number of nitrogens with one attached hydrogen (secondary N) is 1. The molecule has 0 spiro atoms. The lowest BCUT2D eigenvalue weighted by molar-refractivity contribution is 0.322. The predicted octanol–water partition coefficient (Wildman–Crippen LogP) is 0.710. The Bertz CT molecular complexity index is 66.6. The minimum Gasteiger partial charge on any atom is -0.396 e. The minimum absolute atomic E-state index is 0.296. The summed E-state index contributed by atoms with van der Waals surface area (Å²) < 4.78 is 0. The first-order valence-corrected chi connectivity index (χ1v) is 4.86. The molecule has 0 aromatic rings. The van der Waals surface area contributed by atoms with Crippen LogP contribution in [0, 0.1) is 0 Å². The molecule has 1 unspecified atom stereocenters. The van der Waals surface area contributed by atoms with Crippen LogP contribution in [0.25, 0.3) is 0 Å². The average Bonchev–Trinajstić information content (AvgIpc) is 1.99. The Morgan fingerprint density at radius 1 is 1.60 bits per heavy atom. The highest BCUT2D eigenvalue weighted by atomic mass is 32.2. The first-order valence-electron chi connectivity index (χ1n) is 3.71. The summed E-state index contributed by atoms with van der Waals surface area (Å²) in [5.41, 5.74) is 0. The first kappa shape index (κ1) is 10.3. The van der Waals surface area contributed by atoms with Crippen molar-refractivity contribution in [1.29, 1.82) is 0 Å². The van der Waals surface area contributed by atoms with Crippen LogP contribution in [-0.4, -0.2) is 36.3 Å². The maximum atomic E-state index is 8.48. The first-order chi connectivity index (χ1) is 4.85. The van der Waals surface area contributed by atoms with Gasteiger partial charge in [-0.1, -0.05) is 6.92 Å². The van der Waals surface area contributed by atoms with Gasteiger partial charge in [0.15, 0.2) is 0 Å². The smallest absolute Gasteiger partial charge is 0.0521 e. The molecular weight excluding hydrogens is 146 g/mol. The molecule has 62 valence electrons. The van der Waals surface area contributed by atoms with Gasteiger partial charge in [-0.25, -0.2) is 0 Å². The van der Waals surface area contributed by atoms with Crippen molar-refractivity contribution in [2.45, 2.75) is 19.4 Å². The third kappa shape index (κ3) is 5.09. The van der Waals surface area contributed by atoms with Crippen LogP contribution in [-0.2, 0) is 0 Å². The van der Waals surface area contributed by atoms with Crippen molar-refractivity contribution in [3.8, 4) is 0 Å². The number of aliphatic hydroxyl groups is 1. The van der Waals surface area contributed by atoms with Crippen molar-refractivity contribution in [3.63, 3.8) is 0 Å². The summed E-state index contributed by atoms with van der Waals surface area (Å²) in [4.78, 5) is 0. The molecule has 0 aliphatic carbocycles. The van der Waals surface area contributed by atoms with Gasteiger partial charge in [-0.2, -0.15) is 11.8 Å². The van der Waals surface area contributed by atoms with Crippen molar-refractivity contribution in [1.82, 2.24) is 5.32 Å². The molecule has 0 aliphatic heterocycles. The summed E-state index contributed by atoms with van der Waals surface area (Å²) in [5.74, 6) is 1.96. The van der Waals surface area contributed by atoms with Gasteiger partial charge < -0.3 is 10.4 Å². The Labute approximate surface area is 67.4 Å². The largest absolute Gasteiger partial charge is 0.396 e. The maximum Gasteiger partial charge on any atom is 0.0521 e. The summed E-state index contributed by atoms with van der Waals surface area (Å²) in [5, 5.41) is 11.7. The molecule has 0 saturated carbocycles. The maximum absolute atomic E-state index is 8.48. The molecule has 0 saturated heterocycles. The number of hydrogen-bond donors (Lipinski definition) is 2. The van der Waals surface area contributed by atoms with Crippen LogP contribution in [0.2, 0.25) is 0 Å². The summed E-state index contributed by atoms with van der Waals surface area (Å²) in [7, 11) is 1.98. The van der Waals surface area contributed by atoms with Gasteiger partial charge in [-0.15, -0.1) is 0 Å². The Hall–Kier alpha value is 0.270. The van der Waals surface area contributed by atoms with Gasteiger partial charge in [-0.05, 0) is 13.5 Å².